The molecule has 1 aliphatic heterocycles. The number of amides is 2. The number of fused-ring (bicyclic) bond motifs is 1. The maximum atomic E-state index is 13.6. The third-order valence-electron chi connectivity index (χ3n) is 3.23. The SMILES string of the molecule is Nc1ccc2c(c1)C(=O)N(CC1(F)CC1)C2=O. The maximum Gasteiger partial charge on any atom is 0.261 e. The van der Waals surface area contributed by atoms with Crippen LogP contribution in [0, 0.1) is 0 Å². The van der Waals surface area contributed by atoms with Crippen LogP contribution in [0.15, 0.2) is 18.2 Å². The van der Waals surface area contributed by atoms with Crippen molar-refractivity contribution in [2.45, 2.75) is 18.5 Å². The van der Waals surface area contributed by atoms with E-state index in [2.05, 4.69) is 0 Å². The van der Waals surface area contributed by atoms with Crippen LogP contribution in [0.2, 0.25) is 0 Å². The number of hydrogen-bond acceptors (Lipinski definition) is 3. The highest BCUT2D eigenvalue weighted by Gasteiger charge is 2.49. The van der Waals surface area contributed by atoms with Gasteiger partial charge in [-0.1, -0.05) is 0 Å². The first-order chi connectivity index (χ1) is 8.00. The molecule has 1 saturated carbocycles. The first kappa shape index (κ1) is 10.3. The van der Waals surface area contributed by atoms with Gasteiger partial charge in [0.2, 0.25) is 0 Å². The Labute approximate surface area is 97.2 Å². The fraction of sp³-hybridized carbons (Fsp3) is 0.333. The number of hydrogen-bond donors (Lipinski definition) is 1. The van der Waals surface area contributed by atoms with Gasteiger partial charge >= 0.3 is 0 Å². The van der Waals surface area contributed by atoms with Crippen LogP contribution in [0.25, 0.3) is 0 Å². The van der Waals surface area contributed by atoms with E-state index in [-0.39, 0.29) is 12.1 Å². The lowest BCUT2D eigenvalue weighted by molar-refractivity contribution is 0.0598. The van der Waals surface area contributed by atoms with Crippen molar-refractivity contribution in [2.75, 3.05) is 12.3 Å². The maximum absolute atomic E-state index is 13.6. The van der Waals surface area contributed by atoms with E-state index in [0.29, 0.717) is 24.1 Å². The van der Waals surface area contributed by atoms with Crippen molar-refractivity contribution in [1.29, 1.82) is 0 Å². The van der Waals surface area contributed by atoms with Crippen molar-refractivity contribution in [3.8, 4) is 0 Å². The van der Waals surface area contributed by atoms with Gasteiger partial charge < -0.3 is 5.73 Å². The van der Waals surface area contributed by atoms with Crippen LogP contribution in [0.5, 0.6) is 0 Å². The monoisotopic (exact) mass is 234 g/mol. The molecule has 0 aromatic heterocycles. The molecule has 1 aromatic rings. The van der Waals surface area contributed by atoms with Gasteiger partial charge in [0.25, 0.3) is 11.8 Å². The standard InChI is InChI=1S/C12H11FN2O2/c13-12(3-4-12)6-15-10(16)8-2-1-7(14)5-9(8)11(15)17/h1-2,5H,3-4,6,14H2. The minimum Gasteiger partial charge on any atom is -0.399 e. The lowest BCUT2D eigenvalue weighted by Crippen LogP contribution is -2.36. The van der Waals surface area contributed by atoms with Crippen LogP contribution in [0.4, 0.5) is 10.1 Å². The summed E-state index contributed by atoms with van der Waals surface area (Å²) in [6.45, 7) is -0.140. The summed E-state index contributed by atoms with van der Waals surface area (Å²) < 4.78 is 13.6. The number of halogens is 1. The highest BCUT2D eigenvalue weighted by Crippen LogP contribution is 2.41. The molecular formula is C12H11FN2O2. The fourth-order valence-electron chi connectivity index (χ4n) is 2.03. The summed E-state index contributed by atoms with van der Waals surface area (Å²) in [5, 5.41) is 0. The Morgan fingerprint density at radius 3 is 2.53 bits per heavy atom. The minimum absolute atomic E-state index is 0.140. The molecule has 2 N–H and O–H groups in total. The summed E-state index contributed by atoms with van der Waals surface area (Å²) in [7, 11) is 0. The van der Waals surface area contributed by atoms with Crippen LogP contribution in [-0.4, -0.2) is 28.9 Å². The number of alkyl halides is 1. The van der Waals surface area contributed by atoms with Crippen molar-refractivity contribution in [3.63, 3.8) is 0 Å². The van der Waals surface area contributed by atoms with Crippen molar-refractivity contribution in [3.05, 3.63) is 29.3 Å². The van der Waals surface area contributed by atoms with E-state index >= 15 is 0 Å². The molecule has 1 aliphatic carbocycles. The van der Waals surface area contributed by atoms with Gasteiger partial charge in [-0.15, -0.1) is 0 Å². The zero-order chi connectivity index (χ0) is 12.2. The minimum atomic E-state index is -1.36. The fourth-order valence-corrected chi connectivity index (χ4v) is 2.03. The molecule has 4 nitrogen and oxygen atoms in total. The highest BCUT2D eigenvalue weighted by atomic mass is 19.1. The van der Waals surface area contributed by atoms with Gasteiger partial charge in [0.1, 0.15) is 5.67 Å². The smallest absolute Gasteiger partial charge is 0.261 e. The van der Waals surface area contributed by atoms with Crippen LogP contribution in [-0.2, 0) is 0 Å². The Bertz CT molecular complexity index is 537. The quantitative estimate of drug-likeness (QED) is 0.621. The Morgan fingerprint density at radius 2 is 1.88 bits per heavy atom. The Morgan fingerprint density at radius 1 is 1.24 bits per heavy atom. The topological polar surface area (TPSA) is 63.4 Å². The molecular weight excluding hydrogens is 223 g/mol. The molecule has 0 bridgehead atoms. The predicted octanol–water partition coefficient (Wildman–Crippen LogP) is 1.37. The molecule has 0 atom stereocenters. The molecule has 0 unspecified atom stereocenters. The molecule has 2 amide bonds. The summed E-state index contributed by atoms with van der Waals surface area (Å²) in [6, 6.07) is 4.55. The summed E-state index contributed by atoms with van der Waals surface area (Å²) in [4.78, 5) is 24.9. The number of benzene rings is 1. The third kappa shape index (κ3) is 1.50. The van der Waals surface area contributed by atoms with E-state index in [1.807, 2.05) is 0 Å². The molecule has 2 aliphatic rings. The molecule has 1 fully saturated rings. The van der Waals surface area contributed by atoms with Gasteiger partial charge in [-0.25, -0.2) is 4.39 Å². The summed E-state index contributed by atoms with van der Waals surface area (Å²) in [6.07, 6.45) is 0.838. The molecule has 5 heteroatoms. The van der Waals surface area contributed by atoms with Crippen LogP contribution in [0.1, 0.15) is 33.6 Å². The molecule has 88 valence electrons. The largest absolute Gasteiger partial charge is 0.399 e. The average Bonchev–Trinajstić information content (AvgIpc) is 2.97. The number of nitrogens with zero attached hydrogens (tertiary/aromatic N) is 1. The number of imide groups is 1. The first-order valence-corrected chi connectivity index (χ1v) is 5.45. The number of rotatable bonds is 2. The van der Waals surface area contributed by atoms with Gasteiger partial charge in [0.15, 0.2) is 0 Å². The second-order valence-electron chi connectivity index (χ2n) is 4.65. The number of carbonyl (C=O) groups excluding carboxylic acids is 2. The summed E-state index contributed by atoms with van der Waals surface area (Å²) in [5.41, 5.74) is 5.22. The zero-order valence-electron chi connectivity index (χ0n) is 9.07. The Kier molecular flexibility index (Phi) is 1.85. The molecule has 0 spiro atoms. The zero-order valence-corrected chi connectivity index (χ0v) is 9.07. The van der Waals surface area contributed by atoms with Crippen LogP contribution >= 0.6 is 0 Å². The first-order valence-electron chi connectivity index (χ1n) is 5.45. The van der Waals surface area contributed by atoms with Crippen LogP contribution < -0.4 is 5.73 Å². The van der Waals surface area contributed by atoms with Gasteiger partial charge in [-0.05, 0) is 31.0 Å². The lowest BCUT2D eigenvalue weighted by Gasteiger charge is -2.15. The van der Waals surface area contributed by atoms with E-state index < -0.39 is 17.5 Å². The van der Waals surface area contributed by atoms with Gasteiger partial charge in [0, 0.05) is 5.69 Å². The van der Waals surface area contributed by atoms with Gasteiger partial charge in [-0.2, -0.15) is 0 Å². The van der Waals surface area contributed by atoms with E-state index in [1.165, 1.54) is 12.1 Å². The highest BCUT2D eigenvalue weighted by molar-refractivity contribution is 6.21. The number of anilines is 1. The molecule has 0 saturated heterocycles. The molecule has 1 aromatic carbocycles. The van der Waals surface area contributed by atoms with E-state index in [4.69, 9.17) is 5.73 Å². The van der Waals surface area contributed by atoms with E-state index in [9.17, 15) is 14.0 Å². The lowest BCUT2D eigenvalue weighted by atomic mass is 10.1. The van der Waals surface area contributed by atoms with Crippen molar-refractivity contribution in [2.24, 2.45) is 0 Å². The molecule has 1 heterocycles. The van der Waals surface area contributed by atoms with E-state index in [0.717, 1.165) is 4.90 Å². The third-order valence-corrected chi connectivity index (χ3v) is 3.23. The number of carbonyl (C=O) groups is 2. The van der Waals surface area contributed by atoms with Gasteiger partial charge in [0.05, 0.1) is 17.7 Å². The normalized spacial score (nSPS) is 20.6. The van der Waals surface area contributed by atoms with Crippen molar-refractivity contribution in [1.82, 2.24) is 4.90 Å². The second-order valence-corrected chi connectivity index (χ2v) is 4.65. The molecule has 0 radical (unpaired) electrons. The Hall–Kier alpha value is -1.91. The molecule has 17 heavy (non-hydrogen) atoms. The van der Waals surface area contributed by atoms with Crippen molar-refractivity contribution >= 4 is 17.5 Å². The second kappa shape index (κ2) is 3.06. The van der Waals surface area contributed by atoms with E-state index in [1.54, 1.807) is 6.07 Å². The van der Waals surface area contributed by atoms with Crippen LogP contribution in [0.3, 0.4) is 0 Å². The average molecular weight is 234 g/mol. The number of nitrogens with two attached hydrogens (primary N) is 1. The Balaban J connectivity index is 1.96. The van der Waals surface area contributed by atoms with Gasteiger partial charge in [-0.3, -0.25) is 14.5 Å². The summed E-state index contributed by atoms with van der Waals surface area (Å²) >= 11 is 0. The predicted molar refractivity (Wildman–Crippen MR) is 59.3 cm³/mol. The summed E-state index contributed by atoms with van der Waals surface area (Å²) in [5.74, 6) is -0.866. The molecule has 3 rings (SSSR count). The van der Waals surface area contributed by atoms with Crippen molar-refractivity contribution < 1.29 is 14.0 Å². The number of nitrogen functional groups attached to an aromatic ring is 1.